The number of hydrogen-bond donors (Lipinski definition) is 2. The van der Waals surface area contributed by atoms with Gasteiger partial charge in [0.25, 0.3) is 0 Å². The van der Waals surface area contributed by atoms with Gasteiger partial charge in [-0.1, -0.05) is 26.0 Å². The molecule has 2 unspecified atom stereocenters. The number of nitrogens with two attached hydrogens (primary N) is 2. The first-order chi connectivity index (χ1) is 8.74. The Morgan fingerprint density at radius 2 is 1.79 bits per heavy atom. The summed E-state index contributed by atoms with van der Waals surface area (Å²) in [5.74, 6) is -0.00903. The standard InChI is InChI=1S/C15H23N3O/c1-14(2)12(9-18(3)4)15(14,13(17)19)10-5-7-11(16)8-6-10/h5-8,12H,9,16H2,1-4H3,(H2,17,19). The molecule has 1 fully saturated rings. The Balaban J connectivity index is 2.46. The van der Waals surface area contributed by atoms with Gasteiger partial charge in [0.05, 0.1) is 5.41 Å². The van der Waals surface area contributed by atoms with Crippen molar-refractivity contribution in [1.29, 1.82) is 0 Å². The normalized spacial score (nSPS) is 28.4. The van der Waals surface area contributed by atoms with Gasteiger partial charge >= 0.3 is 0 Å². The van der Waals surface area contributed by atoms with Crippen LogP contribution in [0.1, 0.15) is 19.4 Å². The fourth-order valence-corrected chi connectivity index (χ4v) is 3.55. The van der Waals surface area contributed by atoms with Crippen LogP contribution in [0, 0.1) is 11.3 Å². The third-order valence-electron chi connectivity index (χ3n) is 4.63. The van der Waals surface area contributed by atoms with Gasteiger partial charge in [0.2, 0.25) is 5.91 Å². The molecule has 19 heavy (non-hydrogen) atoms. The summed E-state index contributed by atoms with van der Waals surface area (Å²) >= 11 is 0. The smallest absolute Gasteiger partial charge is 0.228 e. The monoisotopic (exact) mass is 261 g/mol. The molecule has 1 amide bonds. The third kappa shape index (κ3) is 1.82. The van der Waals surface area contributed by atoms with Crippen molar-refractivity contribution < 1.29 is 4.79 Å². The number of hydrogen-bond acceptors (Lipinski definition) is 3. The maximum absolute atomic E-state index is 12.1. The molecule has 0 spiro atoms. The van der Waals surface area contributed by atoms with Crippen molar-refractivity contribution in [2.75, 3.05) is 26.4 Å². The molecule has 4 heteroatoms. The van der Waals surface area contributed by atoms with Crippen LogP contribution in [0.3, 0.4) is 0 Å². The topological polar surface area (TPSA) is 72.3 Å². The number of anilines is 1. The van der Waals surface area contributed by atoms with Gasteiger partial charge in [-0.2, -0.15) is 0 Å². The van der Waals surface area contributed by atoms with Gasteiger partial charge in [-0.3, -0.25) is 4.79 Å². The van der Waals surface area contributed by atoms with E-state index < -0.39 is 5.41 Å². The average molecular weight is 261 g/mol. The van der Waals surface area contributed by atoms with Crippen LogP contribution < -0.4 is 11.5 Å². The summed E-state index contributed by atoms with van der Waals surface area (Å²) in [5.41, 5.74) is 12.5. The highest BCUT2D eigenvalue weighted by Crippen LogP contribution is 2.69. The SMILES string of the molecule is CN(C)CC1C(C)(C)C1(C(N)=O)c1ccc(N)cc1. The lowest BCUT2D eigenvalue weighted by Crippen LogP contribution is -2.34. The minimum absolute atomic E-state index is 0.126. The Bertz CT molecular complexity index is 493. The lowest BCUT2D eigenvalue weighted by Gasteiger charge is -2.18. The molecule has 2 rings (SSSR count). The zero-order chi connectivity index (χ0) is 14.4. The van der Waals surface area contributed by atoms with Crippen molar-refractivity contribution >= 4 is 11.6 Å². The fraction of sp³-hybridized carbons (Fsp3) is 0.533. The van der Waals surface area contributed by atoms with Crippen molar-refractivity contribution in [3.05, 3.63) is 29.8 Å². The van der Waals surface area contributed by atoms with Crippen molar-refractivity contribution in [3.8, 4) is 0 Å². The molecule has 1 aromatic rings. The Hall–Kier alpha value is -1.55. The highest BCUT2D eigenvalue weighted by molar-refractivity contribution is 5.93. The van der Waals surface area contributed by atoms with E-state index in [0.717, 1.165) is 12.1 Å². The second kappa shape index (κ2) is 4.23. The Kier molecular flexibility index (Phi) is 3.09. The predicted molar refractivity (Wildman–Crippen MR) is 77.6 cm³/mol. The summed E-state index contributed by atoms with van der Waals surface area (Å²) in [4.78, 5) is 14.3. The summed E-state index contributed by atoms with van der Waals surface area (Å²) in [6.45, 7) is 5.07. The predicted octanol–water partition coefficient (Wildman–Crippen LogP) is 1.21. The molecule has 0 radical (unpaired) electrons. The van der Waals surface area contributed by atoms with Gasteiger partial charge in [-0.05, 0) is 43.1 Å². The summed E-state index contributed by atoms with van der Waals surface area (Å²) in [5, 5.41) is 0. The summed E-state index contributed by atoms with van der Waals surface area (Å²) in [7, 11) is 4.03. The Labute approximate surface area is 114 Å². The second-order valence-corrected chi connectivity index (χ2v) is 6.33. The van der Waals surface area contributed by atoms with E-state index in [1.165, 1.54) is 0 Å². The minimum atomic E-state index is -0.578. The van der Waals surface area contributed by atoms with Crippen molar-refractivity contribution in [1.82, 2.24) is 4.90 Å². The Morgan fingerprint density at radius 1 is 1.26 bits per heavy atom. The van der Waals surface area contributed by atoms with E-state index >= 15 is 0 Å². The molecule has 0 aliphatic heterocycles. The molecule has 1 aliphatic rings. The number of carbonyl (C=O) groups excluding carboxylic acids is 1. The molecule has 2 atom stereocenters. The lowest BCUT2D eigenvalue weighted by molar-refractivity contribution is -0.121. The van der Waals surface area contributed by atoms with Gasteiger partial charge in [0.1, 0.15) is 0 Å². The summed E-state index contributed by atoms with van der Waals surface area (Å²) in [6, 6.07) is 7.53. The lowest BCUT2D eigenvalue weighted by atomic mass is 9.86. The van der Waals surface area contributed by atoms with E-state index in [-0.39, 0.29) is 17.2 Å². The van der Waals surface area contributed by atoms with Crippen molar-refractivity contribution in [2.45, 2.75) is 19.3 Å². The van der Waals surface area contributed by atoms with E-state index in [2.05, 4.69) is 18.7 Å². The van der Waals surface area contributed by atoms with Crippen LogP contribution in [0.15, 0.2) is 24.3 Å². The van der Waals surface area contributed by atoms with E-state index in [9.17, 15) is 4.79 Å². The van der Waals surface area contributed by atoms with Crippen LogP contribution >= 0.6 is 0 Å². The van der Waals surface area contributed by atoms with Gasteiger partial charge in [0, 0.05) is 12.2 Å². The van der Waals surface area contributed by atoms with Gasteiger partial charge in [-0.25, -0.2) is 0 Å². The van der Waals surface area contributed by atoms with Crippen LogP contribution in [0.4, 0.5) is 5.69 Å². The highest BCUT2D eigenvalue weighted by atomic mass is 16.1. The van der Waals surface area contributed by atoms with Crippen LogP contribution in [-0.2, 0) is 10.2 Å². The fourth-order valence-electron chi connectivity index (χ4n) is 3.55. The summed E-state index contributed by atoms with van der Waals surface area (Å²) < 4.78 is 0. The van der Waals surface area contributed by atoms with Crippen LogP contribution in [0.25, 0.3) is 0 Å². The molecule has 0 bridgehead atoms. The molecular weight excluding hydrogens is 238 g/mol. The number of rotatable bonds is 4. The Morgan fingerprint density at radius 3 is 2.21 bits per heavy atom. The number of amides is 1. The number of carbonyl (C=O) groups is 1. The molecule has 104 valence electrons. The van der Waals surface area contributed by atoms with E-state index in [0.29, 0.717) is 5.69 Å². The van der Waals surface area contributed by atoms with E-state index in [1.54, 1.807) is 0 Å². The second-order valence-electron chi connectivity index (χ2n) is 6.33. The molecule has 1 aliphatic carbocycles. The number of benzene rings is 1. The van der Waals surface area contributed by atoms with Crippen LogP contribution in [0.2, 0.25) is 0 Å². The molecular formula is C15H23N3O. The molecule has 1 aromatic carbocycles. The zero-order valence-corrected chi connectivity index (χ0v) is 12.1. The summed E-state index contributed by atoms with van der Waals surface area (Å²) in [6.07, 6.45) is 0. The van der Waals surface area contributed by atoms with Gasteiger partial charge in [0.15, 0.2) is 0 Å². The third-order valence-corrected chi connectivity index (χ3v) is 4.63. The number of nitrogen functional groups attached to an aromatic ring is 1. The highest BCUT2D eigenvalue weighted by Gasteiger charge is 2.75. The van der Waals surface area contributed by atoms with Gasteiger partial charge < -0.3 is 16.4 Å². The van der Waals surface area contributed by atoms with Crippen LogP contribution in [-0.4, -0.2) is 31.4 Å². The zero-order valence-electron chi connectivity index (χ0n) is 12.1. The molecule has 0 aromatic heterocycles. The molecule has 0 heterocycles. The van der Waals surface area contributed by atoms with Crippen molar-refractivity contribution in [3.63, 3.8) is 0 Å². The first kappa shape index (κ1) is 13.9. The maximum atomic E-state index is 12.1. The van der Waals surface area contributed by atoms with E-state index in [4.69, 9.17) is 11.5 Å². The quantitative estimate of drug-likeness (QED) is 0.800. The maximum Gasteiger partial charge on any atom is 0.228 e. The molecule has 4 N–H and O–H groups in total. The first-order valence-corrected chi connectivity index (χ1v) is 6.55. The van der Waals surface area contributed by atoms with Gasteiger partial charge in [-0.15, -0.1) is 0 Å². The van der Waals surface area contributed by atoms with Crippen LogP contribution in [0.5, 0.6) is 0 Å². The van der Waals surface area contributed by atoms with Crippen molar-refractivity contribution in [2.24, 2.45) is 17.1 Å². The average Bonchev–Trinajstić information content (AvgIpc) is 2.77. The number of nitrogens with zero attached hydrogens (tertiary/aromatic N) is 1. The molecule has 0 saturated heterocycles. The molecule has 1 saturated carbocycles. The first-order valence-electron chi connectivity index (χ1n) is 6.55. The van der Waals surface area contributed by atoms with E-state index in [1.807, 2.05) is 38.4 Å². The molecule has 4 nitrogen and oxygen atoms in total. The number of primary amides is 1. The minimum Gasteiger partial charge on any atom is -0.399 e. The largest absolute Gasteiger partial charge is 0.399 e.